The second-order valence-corrected chi connectivity index (χ2v) is 5.96. The molecule has 5 heteroatoms. The fourth-order valence-corrected chi connectivity index (χ4v) is 2.75. The lowest BCUT2D eigenvalue weighted by Gasteiger charge is -2.38. The summed E-state index contributed by atoms with van der Waals surface area (Å²) in [5, 5.41) is 19.3. The molecule has 0 unspecified atom stereocenters. The summed E-state index contributed by atoms with van der Waals surface area (Å²) in [5.41, 5.74) is -0.258. The summed E-state index contributed by atoms with van der Waals surface area (Å²) < 4.78 is 12.9. The van der Waals surface area contributed by atoms with Crippen LogP contribution in [-0.4, -0.2) is 46.3 Å². The average molecular weight is 295 g/mol. The molecular formula is C16H22FNO3. The Morgan fingerprint density at radius 2 is 2.10 bits per heavy atom. The highest BCUT2D eigenvalue weighted by Crippen LogP contribution is 2.24. The summed E-state index contributed by atoms with van der Waals surface area (Å²) >= 11 is 0. The van der Waals surface area contributed by atoms with Crippen molar-refractivity contribution in [2.24, 2.45) is 0 Å². The monoisotopic (exact) mass is 295 g/mol. The number of benzene rings is 1. The third kappa shape index (κ3) is 4.02. The van der Waals surface area contributed by atoms with Crippen LogP contribution in [0.15, 0.2) is 24.3 Å². The van der Waals surface area contributed by atoms with Crippen molar-refractivity contribution in [3.05, 3.63) is 35.6 Å². The fourth-order valence-electron chi connectivity index (χ4n) is 2.75. The number of β-amino-alcohol motifs (C(OH)–C–C–N with tert-alkyl or cyclic N) is 1. The molecule has 4 nitrogen and oxygen atoms in total. The molecule has 0 saturated carbocycles. The summed E-state index contributed by atoms with van der Waals surface area (Å²) in [6.45, 7) is 2.38. The molecule has 1 fully saturated rings. The lowest BCUT2D eigenvalue weighted by molar-refractivity contribution is -0.141. The van der Waals surface area contributed by atoms with Gasteiger partial charge in [0.05, 0.1) is 13.2 Å². The summed E-state index contributed by atoms with van der Waals surface area (Å²) in [6, 6.07) is 6.16. The van der Waals surface area contributed by atoms with Crippen LogP contribution < -0.4 is 0 Å². The van der Waals surface area contributed by atoms with Gasteiger partial charge in [0.15, 0.2) is 0 Å². The third-order valence-corrected chi connectivity index (χ3v) is 4.12. The number of likely N-dealkylation sites (tertiary alicyclic amines) is 1. The van der Waals surface area contributed by atoms with Crippen molar-refractivity contribution in [1.82, 2.24) is 4.90 Å². The zero-order chi connectivity index (χ0) is 15.5. The number of rotatable bonds is 4. The largest absolute Gasteiger partial charge is 0.393 e. The van der Waals surface area contributed by atoms with Crippen molar-refractivity contribution < 1.29 is 19.4 Å². The van der Waals surface area contributed by atoms with Crippen LogP contribution in [-0.2, 0) is 4.79 Å². The van der Waals surface area contributed by atoms with E-state index in [4.69, 9.17) is 0 Å². The fraction of sp³-hybridized carbons (Fsp3) is 0.562. The number of nitrogens with zero attached hydrogens (tertiary/aromatic N) is 1. The maximum Gasteiger partial charge on any atom is 0.223 e. The van der Waals surface area contributed by atoms with Crippen LogP contribution in [0.3, 0.4) is 0 Å². The predicted octanol–water partition coefficient (Wildman–Crippen LogP) is 1.67. The van der Waals surface area contributed by atoms with E-state index in [9.17, 15) is 19.4 Å². The molecule has 1 aliphatic heterocycles. The lowest BCUT2D eigenvalue weighted by atomic mass is 9.92. The van der Waals surface area contributed by atoms with Crippen LogP contribution in [0.4, 0.5) is 4.39 Å². The maximum atomic E-state index is 12.9. The maximum absolute atomic E-state index is 12.9. The number of amides is 1. The molecule has 0 aliphatic carbocycles. The van der Waals surface area contributed by atoms with E-state index < -0.39 is 5.60 Å². The summed E-state index contributed by atoms with van der Waals surface area (Å²) in [5.74, 6) is -0.345. The highest BCUT2D eigenvalue weighted by atomic mass is 19.1. The first-order valence-electron chi connectivity index (χ1n) is 7.30. The zero-order valence-corrected chi connectivity index (χ0v) is 12.3. The Bertz CT molecular complexity index is 491. The number of hydrogen-bond donors (Lipinski definition) is 2. The first-order chi connectivity index (χ1) is 9.93. The Labute approximate surface area is 124 Å². The first kappa shape index (κ1) is 15.9. The molecule has 1 heterocycles. The van der Waals surface area contributed by atoms with Crippen molar-refractivity contribution >= 4 is 5.91 Å². The highest BCUT2D eigenvalue weighted by molar-refractivity contribution is 5.77. The van der Waals surface area contributed by atoms with Gasteiger partial charge in [0.25, 0.3) is 0 Å². The van der Waals surface area contributed by atoms with E-state index in [-0.39, 0.29) is 30.8 Å². The quantitative estimate of drug-likeness (QED) is 0.888. The van der Waals surface area contributed by atoms with Gasteiger partial charge in [-0.15, -0.1) is 0 Å². The number of piperidine rings is 1. The van der Waals surface area contributed by atoms with Gasteiger partial charge in [0, 0.05) is 13.0 Å². The topological polar surface area (TPSA) is 60.8 Å². The van der Waals surface area contributed by atoms with Crippen LogP contribution in [0.2, 0.25) is 0 Å². The van der Waals surface area contributed by atoms with Crippen molar-refractivity contribution in [3.63, 3.8) is 0 Å². The molecule has 21 heavy (non-hydrogen) atoms. The molecule has 0 bridgehead atoms. The number of halogens is 1. The molecule has 2 atom stereocenters. The van der Waals surface area contributed by atoms with E-state index in [1.54, 1.807) is 17.0 Å². The number of carbonyl (C=O) groups excluding carboxylic acids is 1. The lowest BCUT2D eigenvalue weighted by Crippen LogP contribution is -2.52. The molecule has 1 aromatic rings. The van der Waals surface area contributed by atoms with Gasteiger partial charge in [0.2, 0.25) is 5.91 Å². The minimum atomic E-state index is -1.17. The number of hydrogen-bond acceptors (Lipinski definition) is 3. The van der Waals surface area contributed by atoms with E-state index in [0.717, 1.165) is 5.56 Å². The Morgan fingerprint density at radius 1 is 1.43 bits per heavy atom. The molecule has 116 valence electrons. The van der Waals surface area contributed by atoms with Crippen molar-refractivity contribution in [2.45, 2.75) is 37.7 Å². The Morgan fingerprint density at radius 3 is 2.71 bits per heavy atom. The molecule has 1 amide bonds. The van der Waals surface area contributed by atoms with Gasteiger partial charge >= 0.3 is 0 Å². The Kier molecular flexibility index (Phi) is 4.96. The third-order valence-electron chi connectivity index (χ3n) is 4.12. The molecule has 2 rings (SSSR count). The minimum absolute atomic E-state index is 0.0118. The Hall–Kier alpha value is -1.46. The van der Waals surface area contributed by atoms with Crippen LogP contribution in [0.1, 0.15) is 37.7 Å². The minimum Gasteiger partial charge on any atom is -0.393 e. The smallest absolute Gasteiger partial charge is 0.223 e. The van der Waals surface area contributed by atoms with E-state index in [2.05, 4.69) is 0 Å². The highest BCUT2D eigenvalue weighted by Gasteiger charge is 2.34. The normalized spacial score (nSPS) is 23.9. The molecule has 1 aromatic carbocycles. The van der Waals surface area contributed by atoms with Gasteiger partial charge in [-0.3, -0.25) is 4.79 Å². The van der Waals surface area contributed by atoms with Gasteiger partial charge in [-0.25, -0.2) is 4.39 Å². The van der Waals surface area contributed by atoms with Gasteiger partial charge in [-0.2, -0.15) is 0 Å². The molecule has 0 spiro atoms. The van der Waals surface area contributed by atoms with E-state index in [0.29, 0.717) is 25.8 Å². The van der Waals surface area contributed by atoms with E-state index in [1.807, 2.05) is 6.92 Å². The standard InChI is InChI=1S/C16H22FNO3/c1-12(13-3-5-14(17)6-4-13)9-15(20)18-8-2-7-16(21,10-18)11-19/h3-6,12,19,21H,2,7-11H2,1H3/t12-,16+/m0/s1. The van der Waals surface area contributed by atoms with Crippen LogP contribution in [0.25, 0.3) is 0 Å². The predicted molar refractivity (Wildman–Crippen MR) is 77.3 cm³/mol. The van der Waals surface area contributed by atoms with Crippen molar-refractivity contribution in [1.29, 1.82) is 0 Å². The average Bonchev–Trinajstić information content (AvgIpc) is 2.48. The number of carbonyl (C=O) groups is 1. The van der Waals surface area contributed by atoms with E-state index >= 15 is 0 Å². The second kappa shape index (κ2) is 6.54. The number of aliphatic hydroxyl groups is 2. The van der Waals surface area contributed by atoms with Gasteiger partial charge in [0.1, 0.15) is 11.4 Å². The first-order valence-corrected chi connectivity index (χ1v) is 7.30. The number of aliphatic hydroxyl groups excluding tert-OH is 1. The molecule has 0 aromatic heterocycles. The molecule has 1 aliphatic rings. The zero-order valence-electron chi connectivity index (χ0n) is 12.3. The summed E-state index contributed by atoms with van der Waals surface area (Å²) in [4.78, 5) is 13.9. The van der Waals surface area contributed by atoms with Crippen molar-refractivity contribution in [3.8, 4) is 0 Å². The SMILES string of the molecule is C[C@@H](CC(=O)N1CCC[C@](O)(CO)C1)c1ccc(F)cc1. The summed E-state index contributed by atoms with van der Waals surface area (Å²) in [6.07, 6.45) is 1.52. The van der Waals surface area contributed by atoms with Gasteiger partial charge < -0.3 is 15.1 Å². The summed E-state index contributed by atoms with van der Waals surface area (Å²) in [7, 11) is 0. The Balaban J connectivity index is 1.96. The van der Waals surface area contributed by atoms with Gasteiger partial charge in [-0.1, -0.05) is 19.1 Å². The molecule has 2 N–H and O–H groups in total. The van der Waals surface area contributed by atoms with Crippen LogP contribution in [0, 0.1) is 5.82 Å². The van der Waals surface area contributed by atoms with Crippen LogP contribution in [0.5, 0.6) is 0 Å². The van der Waals surface area contributed by atoms with Crippen molar-refractivity contribution in [2.75, 3.05) is 19.7 Å². The molecular weight excluding hydrogens is 273 g/mol. The van der Waals surface area contributed by atoms with E-state index in [1.165, 1.54) is 12.1 Å². The molecule has 1 saturated heterocycles. The second-order valence-electron chi connectivity index (χ2n) is 5.96. The van der Waals surface area contributed by atoms with Gasteiger partial charge in [-0.05, 0) is 36.5 Å². The molecule has 0 radical (unpaired) electrons. The van der Waals surface area contributed by atoms with Crippen LogP contribution >= 0.6 is 0 Å².